The highest BCUT2D eigenvalue weighted by molar-refractivity contribution is 7.89. The average molecular weight is 513 g/mol. The van der Waals surface area contributed by atoms with Crippen LogP contribution in [-0.4, -0.2) is 76.4 Å². The summed E-state index contributed by atoms with van der Waals surface area (Å²) in [6.07, 6.45) is 0. The van der Waals surface area contributed by atoms with Crippen LogP contribution >= 0.6 is 0 Å². The number of aryl methyl sites for hydroxylation is 1. The van der Waals surface area contributed by atoms with Crippen LogP contribution in [0.5, 0.6) is 0 Å². The average Bonchev–Trinajstić information content (AvgIpc) is 3.31. The Morgan fingerprint density at radius 1 is 0.944 bits per heavy atom. The SMILES string of the molecule is Cc1onc(-c2ccccc2)c1C(=O)Nc1cc(S(=O)(=O)N2CCOCC2)ccc1N1CCOCC1. The number of carbonyl (C=O) groups excluding carboxylic acids is 1. The number of nitrogens with one attached hydrogen (secondary N) is 1. The lowest BCUT2D eigenvalue weighted by molar-refractivity contribution is 0.0730. The fourth-order valence-electron chi connectivity index (χ4n) is 4.41. The number of hydrogen-bond acceptors (Lipinski definition) is 8. The minimum atomic E-state index is -3.75. The Kier molecular flexibility index (Phi) is 7.06. The van der Waals surface area contributed by atoms with E-state index in [4.69, 9.17) is 14.0 Å². The second-order valence-electron chi connectivity index (χ2n) is 8.58. The quantitative estimate of drug-likeness (QED) is 0.536. The number of anilines is 2. The minimum absolute atomic E-state index is 0.113. The van der Waals surface area contributed by atoms with Crippen LogP contribution in [0.4, 0.5) is 11.4 Å². The van der Waals surface area contributed by atoms with Gasteiger partial charge in [-0.1, -0.05) is 35.5 Å². The number of sulfonamides is 1. The van der Waals surface area contributed by atoms with E-state index in [2.05, 4.69) is 15.4 Å². The summed E-state index contributed by atoms with van der Waals surface area (Å²) in [6, 6.07) is 14.2. The van der Waals surface area contributed by atoms with E-state index in [1.54, 1.807) is 19.1 Å². The highest BCUT2D eigenvalue weighted by Gasteiger charge is 2.29. The molecule has 0 bridgehead atoms. The van der Waals surface area contributed by atoms with Gasteiger partial charge >= 0.3 is 0 Å². The summed E-state index contributed by atoms with van der Waals surface area (Å²) in [5.41, 5.74) is 2.60. The van der Waals surface area contributed by atoms with Gasteiger partial charge in [-0.25, -0.2) is 8.42 Å². The first-order chi connectivity index (χ1) is 17.4. The molecule has 36 heavy (non-hydrogen) atoms. The molecule has 0 aliphatic carbocycles. The maximum atomic E-state index is 13.6. The summed E-state index contributed by atoms with van der Waals surface area (Å²) in [6.45, 7) is 5.29. The zero-order valence-corrected chi connectivity index (χ0v) is 20.8. The van der Waals surface area contributed by atoms with Gasteiger partial charge in [-0.15, -0.1) is 0 Å². The van der Waals surface area contributed by atoms with Crippen molar-refractivity contribution in [2.45, 2.75) is 11.8 Å². The van der Waals surface area contributed by atoms with Crippen molar-refractivity contribution < 1.29 is 27.2 Å². The van der Waals surface area contributed by atoms with Gasteiger partial charge in [-0.3, -0.25) is 4.79 Å². The molecule has 1 amide bonds. The summed E-state index contributed by atoms with van der Waals surface area (Å²) >= 11 is 0. The lowest BCUT2D eigenvalue weighted by Gasteiger charge is -2.31. The predicted molar refractivity (Wildman–Crippen MR) is 134 cm³/mol. The molecule has 2 aliphatic heterocycles. The normalized spacial score (nSPS) is 17.2. The molecule has 11 heteroatoms. The highest BCUT2D eigenvalue weighted by atomic mass is 32.2. The van der Waals surface area contributed by atoms with Crippen LogP contribution in [0, 0.1) is 6.92 Å². The second-order valence-corrected chi connectivity index (χ2v) is 10.5. The maximum Gasteiger partial charge on any atom is 0.261 e. The van der Waals surface area contributed by atoms with Crippen LogP contribution in [0.25, 0.3) is 11.3 Å². The third-order valence-corrected chi connectivity index (χ3v) is 8.21. The molecule has 0 unspecified atom stereocenters. The van der Waals surface area contributed by atoms with Crippen molar-refractivity contribution in [1.29, 1.82) is 0 Å². The lowest BCUT2D eigenvalue weighted by atomic mass is 10.1. The zero-order chi connectivity index (χ0) is 25.1. The van der Waals surface area contributed by atoms with Crippen molar-refractivity contribution >= 4 is 27.3 Å². The van der Waals surface area contributed by atoms with Crippen LogP contribution in [-0.2, 0) is 19.5 Å². The molecule has 0 spiro atoms. The third-order valence-electron chi connectivity index (χ3n) is 6.31. The molecule has 0 radical (unpaired) electrons. The highest BCUT2D eigenvalue weighted by Crippen LogP contribution is 2.33. The Bertz CT molecular complexity index is 1330. The van der Waals surface area contributed by atoms with Crippen LogP contribution in [0.2, 0.25) is 0 Å². The van der Waals surface area contributed by atoms with Gasteiger partial charge in [-0.2, -0.15) is 4.31 Å². The monoisotopic (exact) mass is 512 g/mol. The van der Waals surface area contributed by atoms with Gasteiger partial charge in [0.2, 0.25) is 10.0 Å². The number of benzene rings is 2. The largest absolute Gasteiger partial charge is 0.379 e. The molecule has 2 fully saturated rings. The fourth-order valence-corrected chi connectivity index (χ4v) is 5.84. The summed E-state index contributed by atoms with van der Waals surface area (Å²) in [7, 11) is -3.75. The Hall–Kier alpha value is -3.25. The molecule has 3 aromatic rings. The minimum Gasteiger partial charge on any atom is -0.379 e. The molecule has 0 atom stereocenters. The van der Waals surface area contributed by atoms with Crippen LogP contribution in [0.15, 0.2) is 57.9 Å². The number of hydrogen-bond donors (Lipinski definition) is 1. The van der Waals surface area contributed by atoms with E-state index in [1.165, 1.54) is 10.4 Å². The van der Waals surface area contributed by atoms with Crippen LogP contribution < -0.4 is 10.2 Å². The van der Waals surface area contributed by atoms with E-state index >= 15 is 0 Å². The Morgan fingerprint density at radius 2 is 1.61 bits per heavy atom. The number of carbonyl (C=O) groups is 1. The first-order valence-corrected chi connectivity index (χ1v) is 13.3. The van der Waals surface area contributed by atoms with Crippen molar-refractivity contribution in [3.8, 4) is 11.3 Å². The van der Waals surface area contributed by atoms with E-state index in [-0.39, 0.29) is 18.0 Å². The molecule has 2 saturated heterocycles. The first-order valence-electron chi connectivity index (χ1n) is 11.8. The standard InChI is InChI=1S/C25H28N4O6S/c1-18-23(24(27-35-18)19-5-3-2-4-6-19)25(30)26-21-17-20(36(31,32)29-11-15-34-16-12-29)7-8-22(21)28-9-13-33-14-10-28/h2-8,17H,9-16H2,1H3,(H,26,30). The van der Waals surface area contributed by atoms with Crippen molar-refractivity contribution in [3.63, 3.8) is 0 Å². The van der Waals surface area contributed by atoms with E-state index in [1.807, 2.05) is 30.3 Å². The number of rotatable bonds is 6. The Balaban J connectivity index is 1.52. The molecule has 190 valence electrons. The number of amides is 1. The van der Waals surface area contributed by atoms with Gasteiger partial charge in [0.05, 0.1) is 42.7 Å². The van der Waals surface area contributed by atoms with E-state index in [0.29, 0.717) is 62.2 Å². The van der Waals surface area contributed by atoms with Crippen molar-refractivity contribution in [2.24, 2.45) is 0 Å². The van der Waals surface area contributed by atoms with Gasteiger partial charge < -0.3 is 24.2 Å². The van der Waals surface area contributed by atoms with Gasteiger partial charge in [0.1, 0.15) is 17.0 Å². The van der Waals surface area contributed by atoms with E-state index in [9.17, 15) is 13.2 Å². The van der Waals surface area contributed by atoms with Crippen molar-refractivity contribution in [1.82, 2.24) is 9.46 Å². The van der Waals surface area contributed by atoms with Gasteiger partial charge in [0, 0.05) is 31.7 Å². The Labute approximate surface area is 209 Å². The lowest BCUT2D eigenvalue weighted by Crippen LogP contribution is -2.40. The molecule has 1 N–H and O–H groups in total. The first kappa shape index (κ1) is 24.4. The number of nitrogens with zero attached hydrogens (tertiary/aromatic N) is 3. The third kappa shape index (κ3) is 4.87. The van der Waals surface area contributed by atoms with E-state index < -0.39 is 15.9 Å². The zero-order valence-electron chi connectivity index (χ0n) is 20.0. The molecule has 2 aromatic carbocycles. The number of aromatic nitrogens is 1. The van der Waals surface area contributed by atoms with Crippen LogP contribution in [0.3, 0.4) is 0 Å². The number of ether oxygens (including phenoxy) is 2. The second kappa shape index (κ2) is 10.4. The maximum absolute atomic E-state index is 13.6. The van der Waals surface area contributed by atoms with Gasteiger partial charge in [0.15, 0.2) is 0 Å². The Morgan fingerprint density at radius 3 is 2.31 bits per heavy atom. The van der Waals surface area contributed by atoms with Crippen molar-refractivity contribution in [3.05, 3.63) is 59.9 Å². The molecular formula is C25H28N4O6S. The smallest absolute Gasteiger partial charge is 0.261 e. The molecule has 3 heterocycles. The van der Waals surface area contributed by atoms with Gasteiger partial charge in [0.25, 0.3) is 5.91 Å². The molecule has 1 aromatic heterocycles. The topological polar surface area (TPSA) is 114 Å². The summed E-state index contributed by atoms with van der Waals surface area (Å²) in [5, 5.41) is 7.05. The molecule has 0 saturated carbocycles. The summed E-state index contributed by atoms with van der Waals surface area (Å²) in [4.78, 5) is 15.7. The molecule has 10 nitrogen and oxygen atoms in total. The summed E-state index contributed by atoms with van der Waals surface area (Å²) in [5.74, 6) is -0.0561. The summed E-state index contributed by atoms with van der Waals surface area (Å²) < 4.78 is 44.2. The molecule has 2 aliphatic rings. The van der Waals surface area contributed by atoms with Crippen molar-refractivity contribution in [2.75, 3.05) is 62.8 Å². The van der Waals surface area contributed by atoms with Gasteiger partial charge in [-0.05, 0) is 25.1 Å². The molecular weight excluding hydrogens is 484 g/mol. The fraction of sp³-hybridized carbons (Fsp3) is 0.360. The number of morpholine rings is 2. The van der Waals surface area contributed by atoms with Crippen LogP contribution in [0.1, 0.15) is 16.1 Å². The molecule has 5 rings (SSSR count). The van der Waals surface area contributed by atoms with E-state index in [0.717, 1.165) is 11.3 Å². The predicted octanol–water partition coefficient (Wildman–Crippen LogP) is 2.76.